The second-order valence-electron chi connectivity index (χ2n) is 8.34. The molecule has 1 fully saturated rings. The molecule has 9 nitrogen and oxygen atoms in total. The SMILES string of the molecule is COc1ccccc1OCc1ccc(C(=O)NCc2cccc(NC(=O)CCN3CCOCC3)c2)o1. The monoisotopic (exact) mass is 493 g/mol. The molecule has 0 atom stereocenters. The minimum atomic E-state index is -0.335. The molecule has 2 aromatic carbocycles. The molecule has 9 heteroatoms. The summed E-state index contributed by atoms with van der Waals surface area (Å²) in [5, 5.41) is 5.77. The number of benzene rings is 2. The Morgan fingerprint density at radius 2 is 1.81 bits per heavy atom. The first-order valence-electron chi connectivity index (χ1n) is 11.9. The molecule has 0 spiro atoms. The predicted molar refractivity (Wildman–Crippen MR) is 134 cm³/mol. The molecular weight excluding hydrogens is 462 g/mol. The molecule has 3 aromatic rings. The molecule has 190 valence electrons. The zero-order valence-corrected chi connectivity index (χ0v) is 20.3. The van der Waals surface area contributed by atoms with Gasteiger partial charge in [-0.25, -0.2) is 0 Å². The van der Waals surface area contributed by atoms with E-state index in [9.17, 15) is 9.59 Å². The van der Waals surface area contributed by atoms with Gasteiger partial charge in [-0.3, -0.25) is 14.5 Å². The lowest BCUT2D eigenvalue weighted by Crippen LogP contribution is -2.38. The number of hydrogen-bond donors (Lipinski definition) is 2. The van der Waals surface area contributed by atoms with Crippen molar-refractivity contribution < 1.29 is 28.2 Å². The number of methoxy groups -OCH3 is 1. The first-order valence-corrected chi connectivity index (χ1v) is 11.9. The van der Waals surface area contributed by atoms with Crippen LogP contribution in [0.1, 0.15) is 28.3 Å². The van der Waals surface area contributed by atoms with Gasteiger partial charge in [-0.05, 0) is 42.0 Å². The highest BCUT2D eigenvalue weighted by atomic mass is 16.5. The third-order valence-electron chi connectivity index (χ3n) is 5.75. The number of furan rings is 1. The van der Waals surface area contributed by atoms with Gasteiger partial charge in [-0.2, -0.15) is 0 Å². The van der Waals surface area contributed by atoms with Crippen LogP contribution in [-0.2, 0) is 22.7 Å². The van der Waals surface area contributed by atoms with Crippen molar-refractivity contribution in [3.63, 3.8) is 0 Å². The van der Waals surface area contributed by atoms with E-state index in [1.54, 1.807) is 25.3 Å². The molecule has 1 aliphatic rings. The molecule has 0 saturated carbocycles. The minimum Gasteiger partial charge on any atom is -0.493 e. The summed E-state index contributed by atoms with van der Waals surface area (Å²) in [4.78, 5) is 27.1. The maximum Gasteiger partial charge on any atom is 0.287 e. The Morgan fingerprint density at radius 1 is 1.00 bits per heavy atom. The number of nitrogens with zero attached hydrogens (tertiary/aromatic N) is 1. The summed E-state index contributed by atoms with van der Waals surface area (Å²) in [6.45, 7) is 4.31. The summed E-state index contributed by atoms with van der Waals surface area (Å²) < 4.78 is 22.0. The highest BCUT2D eigenvalue weighted by Crippen LogP contribution is 2.26. The van der Waals surface area contributed by atoms with Gasteiger partial charge in [0.1, 0.15) is 12.4 Å². The van der Waals surface area contributed by atoms with Gasteiger partial charge in [-0.15, -0.1) is 0 Å². The number of amides is 2. The number of ether oxygens (including phenoxy) is 3. The van der Waals surface area contributed by atoms with E-state index in [1.165, 1.54) is 0 Å². The smallest absolute Gasteiger partial charge is 0.287 e. The maximum atomic E-state index is 12.6. The quantitative estimate of drug-likeness (QED) is 0.422. The number of carbonyl (C=O) groups is 2. The topological polar surface area (TPSA) is 102 Å². The molecule has 36 heavy (non-hydrogen) atoms. The first-order chi connectivity index (χ1) is 17.6. The molecule has 1 saturated heterocycles. The largest absolute Gasteiger partial charge is 0.493 e. The van der Waals surface area contributed by atoms with Gasteiger partial charge in [0, 0.05) is 38.3 Å². The van der Waals surface area contributed by atoms with Crippen molar-refractivity contribution >= 4 is 17.5 Å². The summed E-state index contributed by atoms with van der Waals surface area (Å²) in [5.74, 6) is 1.56. The zero-order chi connectivity index (χ0) is 25.2. The predicted octanol–water partition coefficient (Wildman–Crippen LogP) is 3.46. The van der Waals surface area contributed by atoms with Crippen molar-refractivity contribution in [1.82, 2.24) is 10.2 Å². The van der Waals surface area contributed by atoms with Crippen LogP contribution in [0, 0.1) is 0 Å². The average molecular weight is 494 g/mol. The van der Waals surface area contributed by atoms with E-state index >= 15 is 0 Å². The molecule has 2 amide bonds. The second kappa shape index (κ2) is 12.8. The summed E-state index contributed by atoms with van der Waals surface area (Å²) in [6.07, 6.45) is 0.419. The Balaban J connectivity index is 1.23. The number of morpholine rings is 1. The van der Waals surface area contributed by atoms with Gasteiger partial charge in [0.05, 0.1) is 20.3 Å². The van der Waals surface area contributed by atoms with Crippen LogP contribution in [-0.4, -0.2) is 56.7 Å². The van der Waals surface area contributed by atoms with E-state index in [4.69, 9.17) is 18.6 Å². The van der Waals surface area contributed by atoms with Gasteiger partial charge >= 0.3 is 0 Å². The van der Waals surface area contributed by atoms with Crippen LogP contribution < -0.4 is 20.1 Å². The van der Waals surface area contributed by atoms with Crippen LogP contribution in [0.2, 0.25) is 0 Å². The molecule has 0 unspecified atom stereocenters. The molecule has 1 aliphatic heterocycles. The van der Waals surface area contributed by atoms with Crippen molar-refractivity contribution in [2.24, 2.45) is 0 Å². The van der Waals surface area contributed by atoms with Crippen LogP contribution >= 0.6 is 0 Å². The lowest BCUT2D eigenvalue weighted by molar-refractivity contribution is -0.116. The molecule has 0 radical (unpaired) electrons. The molecule has 1 aromatic heterocycles. The van der Waals surface area contributed by atoms with E-state index in [2.05, 4.69) is 15.5 Å². The van der Waals surface area contributed by atoms with E-state index in [0.29, 0.717) is 55.7 Å². The number of nitrogens with one attached hydrogen (secondary N) is 2. The number of anilines is 1. The third kappa shape index (κ3) is 7.34. The lowest BCUT2D eigenvalue weighted by Gasteiger charge is -2.26. The third-order valence-corrected chi connectivity index (χ3v) is 5.75. The maximum absolute atomic E-state index is 12.6. The van der Waals surface area contributed by atoms with Crippen molar-refractivity contribution in [1.29, 1.82) is 0 Å². The minimum absolute atomic E-state index is 0.0406. The summed E-state index contributed by atoms with van der Waals surface area (Å²) in [6, 6.07) is 18.1. The molecule has 4 rings (SSSR count). The second-order valence-corrected chi connectivity index (χ2v) is 8.34. The average Bonchev–Trinajstić information content (AvgIpc) is 3.39. The summed E-state index contributed by atoms with van der Waals surface area (Å²) >= 11 is 0. The Hall–Kier alpha value is -3.82. The fourth-order valence-corrected chi connectivity index (χ4v) is 3.80. The van der Waals surface area contributed by atoms with Crippen LogP contribution in [0.15, 0.2) is 65.1 Å². The lowest BCUT2D eigenvalue weighted by atomic mass is 10.2. The van der Waals surface area contributed by atoms with Gasteiger partial charge < -0.3 is 29.3 Å². The van der Waals surface area contributed by atoms with E-state index in [1.807, 2.05) is 42.5 Å². The summed E-state index contributed by atoms with van der Waals surface area (Å²) in [5.41, 5.74) is 1.56. The Morgan fingerprint density at radius 3 is 2.61 bits per heavy atom. The van der Waals surface area contributed by atoms with E-state index < -0.39 is 0 Å². The molecule has 2 heterocycles. The fourth-order valence-electron chi connectivity index (χ4n) is 3.80. The Bertz CT molecular complexity index is 1160. The van der Waals surface area contributed by atoms with E-state index in [0.717, 1.165) is 18.7 Å². The number of hydrogen-bond acceptors (Lipinski definition) is 7. The van der Waals surface area contributed by atoms with Crippen molar-refractivity contribution in [3.8, 4) is 11.5 Å². The Kier molecular flexibility index (Phi) is 8.96. The molecule has 0 aliphatic carbocycles. The molecule has 2 N–H and O–H groups in total. The van der Waals surface area contributed by atoms with Crippen molar-refractivity contribution in [2.45, 2.75) is 19.6 Å². The zero-order valence-electron chi connectivity index (χ0n) is 20.3. The standard InChI is InChI=1S/C27H31N3O6/c1-33-23-7-2-3-8-24(23)35-19-22-9-10-25(36-22)27(32)28-18-20-5-4-6-21(17-20)29-26(31)11-12-30-13-15-34-16-14-30/h2-10,17H,11-16,18-19H2,1H3,(H,28,32)(H,29,31). The molecular formula is C27H31N3O6. The van der Waals surface area contributed by atoms with Crippen LogP contribution in [0.25, 0.3) is 0 Å². The van der Waals surface area contributed by atoms with Gasteiger partial charge in [0.25, 0.3) is 5.91 Å². The van der Waals surface area contributed by atoms with Crippen LogP contribution in [0.3, 0.4) is 0 Å². The van der Waals surface area contributed by atoms with Crippen molar-refractivity contribution in [3.05, 3.63) is 77.7 Å². The van der Waals surface area contributed by atoms with E-state index in [-0.39, 0.29) is 24.2 Å². The Labute approximate surface area is 210 Å². The normalized spacial score (nSPS) is 13.7. The number of rotatable bonds is 11. The van der Waals surface area contributed by atoms with Gasteiger partial charge in [0.2, 0.25) is 5.91 Å². The van der Waals surface area contributed by atoms with Crippen LogP contribution in [0.4, 0.5) is 5.69 Å². The highest BCUT2D eigenvalue weighted by molar-refractivity contribution is 5.92. The highest BCUT2D eigenvalue weighted by Gasteiger charge is 2.14. The number of para-hydroxylation sites is 2. The summed E-state index contributed by atoms with van der Waals surface area (Å²) in [7, 11) is 1.58. The molecule has 0 bridgehead atoms. The number of carbonyl (C=O) groups excluding carboxylic acids is 2. The van der Waals surface area contributed by atoms with Gasteiger partial charge in [0.15, 0.2) is 17.3 Å². The first kappa shape index (κ1) is 25.3. The van der Waals surface area contributed by atoms with Crippen LogP contribution in [0.5, 0.6) is 11.5 Å². The van der Waals surface area contributed by atoms with Crippen molar-refractivity contribution in [2.75, 3.05) is 45.3 Å². The fraction of sp³-hybridized carbons (Fsp3) is 0.333. The van der Waals surface area contributed by atoms with Gasteiger partial charge in [-0.1, -0.05) is 24.3 Å².